The zero-order valence-electron chi connectivity index (χ0n) is 11.2. The van der Waals surface area contributed by atoms with Crippen molar-refractivity contribution >= 4 is 11.6 Å². The van der Waals surface area contributed by atoms with Crippen LogP contribution in [0.15, 0.2) is 42.6 Å². The molecular formula is C15H16N2O3. The topological polar surface area (TPSA) is 71.5 Å². The van der Waals surface area contributed by atoms with Crippen LogP contribution in [0.25, 0.3) is 0 Å². The highest BCUT2D eigenvalue weighted by atomic mass is 16.5. The van der Waals surface area contributed by atoms with E-state index in [1.54, 1.807) is 12.1 Å². The molecule has 0 aliphatic carbocycles. The summed E-state index contributed by atoms with van der Waals surface area (Å²) in [5, 5.41) is 11.6. The van der Waals surface area contributed by atoms with E-state index in [1.165, 1.54) is 6.20 Å². The number of aliphatic hydroxyl groups is 1. The van der Waals surface area contributed by atoms with Gasteiger partial charge in [0.1, 0.15) is 5.75 Å². The molecule has 1 heterocycles. The number of aliphatic hydroxyl groups excluding tert-OH is 1. The molecule has 1 aromatic heterocycles. The number of carbonyl (C=O) groups excluding carboxylic acids is 1. The lowest BCUT2D eigenvalue weighted by Gasteiger charge is -2.08. The van der Waals surface area contributed by atoms with E-state index < -0.39 is 0 Å². The summed E-state index contributed by atoms with van der Waals surface area (Å²) < 4.78 is 5.31. The third kappa shape index (κ3) is 4.07. The number of benzene rings is 1. The number of hydrogen-bond donors (Lipinski definition) is 2. The van der Waals surface area contributed by atoms with Crippen LogP contribution in [0.3, 0.4) is 0 Å². The molecule has 0 spiro atoms. The second kappa shape index (κ2) is 6.68. The minimum absolute atomic E-state index is 0.0892. The van der Waals surface area contributed by atoms with Crippen LogP contribution >= 0.6 is 0 Å². The molecular weight excluding hydrogens is 256 g/mol. The zero-order chi connectivity index (χ0) is 14.4. The monoisotopic (exact) mass is 272 g/mol. The molecule has 0 unspecified atom stereocenters. The van der Waals surface area contributed by atoms with Crippen molar-refractivity contribution in [3.8, 4) is 5.75 Å². The van der Waals surface area contributed by atoms with Gasteiger partial charge in [0.2, 0.25) is 0 Å². The third-order valence-corrected chi connectivity index (χ3v) is 2.63. The Morgan fingerprint density at radius 3 is 2.85 bits per heavy atom. The number of nitrogens with zero attached hydrogens (tertiary/aromatic N) is 1. The number of ether oxygens (including phenoxy) is 1. The molecule has 20 heavy (non-hydrogen) atoms. The summed E-state index contributed by atoms with van der Waals surface area (Å²) in [6, 6.07) is 10.9. The number of carbonyl (C=O) groups is 1. The third-order valence-electron chi connectivity index (χ3n) is 2.63. The number of pyridine rings is 1. The molecule has 0 bridgehead atoms. The minimum atomic E-state index is -0.234. The maximum atomic E-state index is 11.7. The van der Waals surface area contributed by atoms with Crippen molar-refractivity contribution in [2.75, 3.05) is 11.9 Å². The Labute approximate surface area is 117 Å². The van der Waals surface area contributed by atoms with Gasteiger partial charge in [0, 0.05) is 5.69 Å². The van der Waals surface area contributed by atoms with Gasteiger partial charge in [-0.25, -0.2) is 0 Å². The van der Waals surface area contributed by atoms with Crippen molar-refractivity contribution in [3.63, 3.8) is 0 Å². The quantitative estimate of drug-likeness (QED) is 0.872. The fraction of sp³-hybridized carbons (Fsp3) is 0.200. The normalized spacial score (nSPS) is 10.1. The summed E-state index contributed by atoms with van der Waals surface area (Å²) in [4.78, 5) is 15.7. The summed E-state index contributed by atoms with van der Waals surface area (Å²) in [6.07, 6.45) is 1.48. The van der Waals surface area contributed by atoms with Crippen LogP contribution < -0.4 is 10.1 Å². The number of hydrogen-bond acceptors (Lipinski definition) is 4. The average Bonchev–Trinajstić information content (AvgIpc) is 2.46. The fourth-order valence-electron chi connectivity index (χ4n) is 1.66. The zero-order valence-corrected chi connectivity index (χ0v) is 11.2. The Morgan fingerprint density at radius 2 is 2.20 bits per heavy atom. The number of nitrogens with one attached hydrogen (secondary N) is 1. The van der Waals surface area contributed by atoms with Gasteiger partial charge in [0.15, 0.2) is 6.61 Å². The van der Waals surface area contributed by atoms with E-state index in [2.05, 4.69) is 10.3 Å². The van der Waals surface area contributed by atoms with Crippen LogP contribution in [0, 0.1) is 6.92 Å². The molecule has 0 radical (unpaired) electrons. The predicted molar refractivity (Wildman–Crippen MR) is 75.5 cm³/mol. The molecule has 2 aromatic rings. The number of rotatable bonds is 5. The van der Waals surface area contributed by atoms with Crippen molar-refractivity contribution in [3.05, 3.63) is 53.9 Å². The van der Waals surface area contributed by atoms with Gasteiger partial charge in [0.25, 0.3) is 5.91 Å². The molecule has 5 nitrogen and oxygen atoms in total. The van der Waals surface area contributed by atoms with Gasteiger partial charge in [0.05, 0.1) is 18.5 Å². The lowest BCUT2D eigenvalue weighted by molar-refractivity contribution is -0.118. The highest BCUT2D eigenvalue weighted by Crippen LogP contribution is 2.11. The first-order chi connectivity index (χ1) is 9.67. The molecule has 1 amide bonds. The van der Waals surface area contributed by atoms with Crippen molar-refractivity contribution in [1.82, 2.24) is 4.98 Å². The smallest absolute Gasteiger partial charge is 0.262 e. The van der Waals surface area contributed by atoms with Gasteiger partial charge < -0.3 is 15.2 Å². The Morgan fingerprint density at radius 1 is 1.35 bits per heavy atom. The Kier molecular flexibility index (Phi) is 4.68. The first kappa shape index (κ1) is 14.0. The number of aromatic nitrogens is 1. The lowest BCUT2D eigenvalue weighted by Crippen LogP contribution is -2.20. The molecule has 0 saturated heterocycles. The standard InChI is InChI=1S/C15H16N2O3/c1-11-3-2-4-12(7-11)17-15(19)10-20-14-6-5-13(9-18)16-8-14/h2-8,18H,9-10H2,1H3,(H,17,19). The fourth-order valence-corrected chi connectivity index (χ4v) is 1.66. The summed E-state index contributed by atoms with van der Waals surface area (Å²) in [6.45, 7) is 1.75. The van der Waals surface area contributed by atoms with Gasteiger partial charge in [-0.3, -0.25) is 9.78 Å². The van der Waals surface area contributed by atoms with Gasteiger partial charge in [-0.05, 0) is 36.8 Å². The van der Waals surface area contributed by atoms with Gasteiger partial charge >= 0.3 is 0 Å². The molecule has 0 aliphatic rings. The van der Waals surface area contributed by atoms with Gasteiger partial charge in [-0.15, -0.1) is 0 Å². The lowest BCUT2D eigenvalue weighted by atomic mass is 10.2. The van der Waals surface area contributed by atoms with Crippen molar-refractivity contribution < 1.29 is 14.6 Å². The Hall–Kier alpha value is -2.40. The molecule has 2 N–H and O–H groups in total. The number of amides is 1. The average molecular weight is 272 g/mol. The molecule has 5 heteroatoms. The molecule has 0 aliphatic heterocycles. The van der Waals surface area contributed by atoms with E-state index in [0.29, 0.717) is 11.4 Å². The van der Waals surface area contributed by atoms with Crippen molar-refractivity contribution in [2.45, 2.75) is 13.5 Å². The van der Waals surface area contributed by atoms with Crippen LogP contribution in [-0.4, -0.2) is 22.6 Å². The summed E-state index contributed by atoms with van der Waals surface area (Å²) >= 11 is 0. The number of aryl methyl sites for hydroxylation is 1. The maximum absolute atomic E-state index is 11.7. The summed E-state index contributed by atoms with van der Waals surface area (Å²) in [5.41, 5.74) is 2.38. The van der Waals surface area contributed by atoms with E-state index in [1.807, 2.05) is 31.2 Å². The molecule has 0 fully saturated rings. The second-order valence-electron chi connectivity index (χ2n) is 4.35. The highest BCUT2D eigenvalue weighted by molar-refractivity contribution is 5.91. The van der Waals surface area contributed by atoms with E-state index in [4.69, 9.17) is 9.84 Å². The summed E-state index contributed by atoms with van der Waals surface area (Å²) in [7, 11) is 0. The second-order valence-corrected chi connectivity index (χ2v) is 4.35. The van der Waals surface area contributed by atoms with Crippen molar-refractivity contribution in [1.29, 1.82) is 0 Å². The Bertz CT molecular complexity index is 582. The molecule has 2 rings (SSSR count). The predicted octanol–water partition coefficient (Wildman–Crippen LogP) is 1.90. The van der Waals surface area contributed by atoms with Crippen molar-refractivity contribution in [2.24, 2.45) is 0 Å². The van der Waals surface area contributed by atoms with E-state index in [9.17, 15) is 4.79 Å². The van der Waals surface area contributed by atoms with Crippen LogP contribution in [0.1, 0.15) is 11.3 Å². The molecule has 0 saturated carbocycles. The SMILES string of the molecule is Cc1cccc(NC(=O)COc2ccc(CO)nc2)c1. The van der Waals surface area contributed by atoms with Gasteiger partial charge in [-0.1, -0.05) is 12.1 Å². The van der Waals surface area contributed by atoms with E-state index >= 15 is 0 Å². The highest BCUT2D eigenvalue weighted by Gasteiger charge is 2.04. The van der Waals surface area contributed by atoms with Crippen LogP contribution in [-0.2, 0) is 11.4 Å². The van der Waals surface area contributed by atoms with Gasteiger partial charge in [-0.2, -0.15) is 0 Å². The van der Waals surface area contributed by atoms with Crippen LogP contribution in [0.5, 0.6) is 5.75 Å². The first-order valence-electron chi connectivity index (χ1n) is 6.22. The minimum Gasteiger partial charge on any atom is -0.482 e. The first-order valence-corrected chi connectivity index (χ1v) is 6.22. The number of anilines is 1. The molecule has 0 atom stereocenters. The maximum Gasteiger partial charge on any atom is 0.262 e. The molecule has 104 valence electrons. The van der Waals surface area contributed by atoms with Crippen LogP contribution in [0.2, 0.25) is 0 Å². The molecule has 1 aromatic carbocycles. The Balaban J connectivity index is 1.85. The van der Waals surface area contributed by atoms with E-state index in [-0.39, 0.29) is 19.1 Å². The van der Waals surface area contributed by atoms with E-state index in [0.717, 1.165) is 11.3 Å². The van der Waals surface area contributed by atoms with Crippen LogP contribution in [0.4, 0.5) is 5.69 Å². The summed E-state index contributed by atoms with van der Waals surface area (Å²) in [5.74, 6) is 0.253. The largest absolute Gasteiger partial charge is 0.482 e.